The lowest BCUT2D eigenvalue weighted by Gasteiger charge is -2.29. The van der Waals surface area contributed by atoms with Gasteiger partial charge >= 0.3 is 0 Å². The molecule has 140 valence electrons. The normalized spacial score (nSPS) is 13.3. The van der Waals surface area contributed by atoms with Crippen LogP contribution in [0.2, 0.25) is 0 Å². The van der Waals surface area contributed by atoms with Crippen molar-refractivity contribution >= 4 is 17.1 Å². The third-order valence-electron chi connectivity index (χ3n) is 5.50. The summed E-state index contributed by atoms with van der Waals surface area (Å²) < 4.78 is 2.41. The highest BCUT2D eigenvalue weighted by atomic mass is 15.3. The minimum atomic E-state index is 0.797. The Balaban J connectivity index is 1.81. The van der Waals surface area contributed by atoms with Crippen LogP contribution in [0.1, 0.15) is 11.1 Å². The number of anilines is 1. The van der Waals surface area contributed by atoms with E-state index in [1.54, 1.807) is 0 Å². The van der Waals surface area contributed by atoms with Crippen molar-refractivity contribution in [3.63, 3.8) is 0 Å². The Morgan fingerprint density at radius 3 is 1.79 bits per heavy atom. The maximum Gasteiger partial charge on any atom is 0.224 e. The zero-order valence-corrected chi connectivity index (χ0v) is 16.5. The number of fused-ring (bicyclic) bond motifs is 1. The first-order valence-electron chi connectivity index (χ1n) is 9.98. The van der Waals surface area contributed by atoms with Gasteiger partial charge in [0.2, 0.25) is 18.1 Å². The quantitative estimate of drug-likeness (QED) is 0.402. The Kier molecular flexibility index (Phi) is 4.45. The maximum absolute atomic E-state index is 2.41. The molecule has 2 nitrogen and oxygen atoms in total. The summed E-state index contributed by atoms with van der Waals surface area (Å²) in [6.07, 6.45) is 0. The Morgan fingerprint density at radius 1 is 0.586 bits per heavy atom. The van der Waals surface area contributed by atoms with Gasteiger partial charge in [-0.25, -0.2) is 0 Å². The van der Waals surface area contributed by atoms with E-state index in [9.17, 15) is 0 Å². The molecule has 0 bridgehead atoms. The molecule has 0 aromatic heterocycles. The van der Waals surface area contributed by atoms with Crippen molar-refractivity contribution in [2.24, 2.45) is 0 Å². The molecule has 1 aliphatic rings. The van der Waals surface area contributed by atoms with Crippen molar-refractivity contribution in [3.05, 3.63) is 120 Å². The van der Waals surface area contributed by atoms with Crippen LogP contribution in [0.3, 0.4) is 0 Å². The van der Waals surface area contributed by atoms with Crippen LogP contribution < -0.4 is 4.90 Å². The maximum atomic E-state index is 2.41. The van der Waals surface area contributed by atoms with Gasteiger partial charge in [0, 0.05) is 30.3 Å². The van der Waals surface area contributed by atoms with Crippen molar-refractivity contribution in [1.29, 1.82) is 0 Å². The Labute approximate surface area is 172 Å². The molecule has 4 aromatic carbocycles. The number of nitrogens with zero attached hydrogens (tertiary/aromatic N) is 2. The molecular formula is C27H23N2+. The van der Waals surface area contributed by atoms with Gasteiger partial charge in [-0.05, 0) is 23.8 Å². The molecule has 0 fully saturated rings. The van der Waals surface area contributed by atoms with E-state index in [2.05, 4.69) is 126 Å². The molecule has 0 saturated heterocycles. The fourth-order valence-electron chi connectivity index (χ4n) is 4.22. The third kappa shape index (κ3) is 3.13. The molecular weight excluding hydrogens is 352 g/mol. The van der Waals surface area contributed by atoms with E-state index in [1.807, 2.05) is 0 Å². The molecule has 0 radical (unpaired) electrons. The summed E-state index contributed by atoms with van der Waals surface area (Å²) in [5.41, 5.74) is 8.75. The summed E-state index contributed by atoms with van der Waals surface area (Å²) >= 11 is 0. The van der Waals surface area contributed by atoms with Crippen molar-refractivity contribution < 1.29 is 4.58 Å². The van der Waals surface area contributed by atoms with E-state index >= 15 is 0 Å². The highest BCUT2D eigenvalue weighted by Gasteiger charge is 2.32. The summed E-state index contributed by atoms with van der Waals surface area (Å²) in [4.78, 5) is 2.36. The predicted molar refractivity (Wildman–Crippen MR) is 121 cm³/mol. The van der Waals surface area contributed by atoms with Crippen LogP contribution >= 0.6 is 0 Å². The minimum Gasteiger partial charge on any atom is -0.318 e. The molecule has 1 heterocycles. The number of para-hydroxylation sites is 2. The molecule has 0 spiro atoms. The smallest absolute Gasteiger partial charge is 0.224 e. The Bertz CT molecular complexity index is 1160. The van der Waals surface area contributed by atoms with Gasteiger partial charge in [-0.15, -0.1) is 0 Å². The average Bonchev–Trinajstić information content (AvgIpc) is 2.80. The minimum absolute atomic E-state index is 0.797. The van der Waals surface area contributed by atoms with Gasteiger partial charge in [0.15, 0.2) is 0 Å². The molecule has 0 N–H and O–H groups in total. The molecule has 1 aliphatic heterocycles. The number of hydrogen-bond acceptors (Lipinski definition) is 1. The van der Waals surface area contributed by atoms with Crippen LogP contribution in [0, 0.1) is 0 Å². The standard InChI is InChI=1S/C27H23N2/c1-28-20-29(23-16-9-4-10-17-23)26(22-14-7-3-8-15-22)25-19-11-18-24(27(25)28)21-12-5-2-6-13-21/h2-19H,20H2,1H3/q+1. The lowest BCUT2D eigenvalue weighted by Crippen LogP contribution is -2.37. The first kappa shape index (κ1) is 17.4. The van der Waals surface area contributed by atoms with E-state index in [-0.39, 0.29) is 0 Å². The van der Waals surface area contributed by atoms with E-state index in [1.165, 1.54) is 39.3 Å². The molecule has 2 heteroatoms. The van der Waals surface area contributed by atoms with Gasteiger partial charge in [0.05, 0.1) is 11.3 Å². The van der Waals surface area contributed by atoms with Crippen LogP contribution in [0.5, 0.6) is 0 Å². The SMILES string of the molecule is CN1C[N+](c2ccccc2)=C(c2ccccc2)c2cccc(-c3ccccc3)c21. The van der Waals surface area contributed by atoms with E-state index in [0.29, 0.717) is 0 Å². The van der Waals surface area contributed by atoms with Crippen LogP contribution in [0.4, 0.5) is 11.4 Å². The topological polar surface area (TPSA) is 6.25 Å². The second-order valence-corrected chi connectivity index (χ2v) is 7.39. The molecule has 0 atom stereocenters. The molecule has 0 amide bonds. The predicted octanol–water partition coefficient (Wildman–Crippen LogP) is 5.94. The van der Waals surface area contributed by atoms with Crippen LogP contribution in [-0.4, -0.2) is 24.0 Å². The van der Waals surface area contributed by atoms with Crippen molar-refractivity contribution in [2.75, 3.05) is 18.6 Å². The summed E-state index contributed by atoms with van der Waals surface area (Å²) in [6, 6.07) is 38.7. The molecule has 5 rings (SSSR count). The Hall–Kier alpha value is -3.65. The highest BCUT2D eigenvalue weighted by molar-refractivity contribution is 6.15. The van der Waals surface area contributed by atoms with Gasteiger partial charge in [-0.2, -0.15) is 4.58 Å². The fraction of sp³-hybridized carbons (Fsp3) is 0.0741. The first-order chi connectivity index (χ1) is 14.3. The zero-order chi connectivity index (χ0) is 19.6. The molecule has 4 aromatic rings. The lowest BCUT2D eigenvalue weighted by molar-refractivity contribution is -0.439. The van der Waals surface area contributed by atoms with Crippen LogP contribution in [-0.2, 0) is 0 Å². The van der Waals surface area contributed by atoms with Crippen molar-refractivity contribution in [2.45, 2.75) is 0 Å². The van der Waals surface area contributed by atoms with E-state index in [0.717, 1.165) is 6.67 Å². The van der Waals surface area contributed by atoms with Gasteiger partial charge in [0.1, 0.15) is 0 Å². The lowest BCUT2D eigenvalue weighted by atomic mass is 9.92. The fourth-order valence-corrected chi connectivity index (χ4v) is 4.22. The van der Waals surface area contributed by atoms with Crippen molar-refractivity contribution in [3.8, 4) is 11.1 Å². The molecule has 29 heavy (non-hydrogen) atoms. The number of hydrogen-bond donors (Lipinski definition) is 0. The van der Waals surface area contributed by atoms with Crippen molar-refractivity contribution in [1.82, 2.24) is 0 Å². The van der Waals surface area contributed by atoms with Gasteiger partial charge in [-0.3, -0.25) is 0 Å². The second kappa shape index (κ2) is 7.40. The van der Waals surface area contributed by atoms with Gasteiger partial charge in [-0.1, -0.05) is 78.9 Å². The Morgan fingerprint density at radius 2 is 1.14 bits per heavy atom. The average molecular weight is 375 g/mol. The van der Waals surface area contributed by atoms with Crippen LogP contribution in [0.25, 0.3) is 11.1 Å². The molecule has 0 unspecified atom stereocenters. The summed E-state index contributed by atoms with van der Waals surface area (Å²) in [5.74, 6) is 0. The largest absolute Gasteiger partial charge is 0.318 e. The van der Waals surface area contributed by atoms with E-state index < -0.39 is 0 Å². The molecule has 0 saturated carbocycles. The van der Waals surface area contributed by atoms with E-state index in [4.69, 9.17) is 0 Å². The third-order valence-corrected chi connectivity index (χ3v) is 5.50. The van der Waals surface area contributed by atoms with Gasteiger partial charge in [0.25, 0.3) is 0 Å². The highest BCUT2D eigenvalue weighted by Crippen LogP contribution is 2.38. The summed E-state index contributed by atoms with van der Waals surface area (Å²) in [5, 5.41) is 0. The van der Waals surface area contributed by atoms with Crippen LogP contribution in [0.15, 0.2) is 109 Å². The first-order valence-corrected chi connectivity index (χ1v) is 9.98. The summed E-state index contributed by atoms with van der Waals surface area (Å²) in [6.45, 7) is 0.797. The summed E-state index contributed by atoms with van der Waals surface area (Å²) in [7, 11) is 2.18. The zero-order valence-electron chi connectivity index (χ0n) is 16.5. The van der Waals surface area contributed by atoms with Gasteiger partial charge < -0.3 is 4.90 Å². The number of benzene rings is 4. The molecule has 0 aliphatic carbocycles. The second-order valence-electron chi connectivity index (χ2n) is 7.39. The number of rotatable bonds is 3. The monoisotopic (exact) mass is 375 g/mol.